The maximum absolute atomic E-state index is 8.12. The van der Waals surface area contributed by atoms with Crippen molar-refractivity contribution >= 4 is 29.1 Å². The van der Waals surface area contributed by atoms with E-state index in [1.807, 2.05) is 30.3 Å². The van der Waals surface area contributed by atoms with Gasteiger partial charge < -0.3 is 11.1 Å². The number of azide groups is 1. The lowest BCUT2D eigenvalue weighted by atomic mass is 10.1. The largest absolute Gasteiger partial charge is 0.376 e. The van der Waals surface area contributed by atoms with E-state index >= 15 is 0 Å². The van der Waals surface area contributed by atoms with Crippen LogP contribution in [0.1, 0.15) is 5.56 Å². The van der Waals surface area contributed by atoms with Crippen molar-refractivity contribution in [1.29, 1.82) is 0 Å². The molecule has 1 rings (SSSR count). The molecule has 0 bridgehead atoms. The van der Waals surface area contributed by atoms with E-state index in [9.17, 15) is 0 Å². The SMILES string of the molecule is [N-]=[N+]=NCC=Cc1ccccc1NC(N)=S. The second-order valence-electron chi connectivity index (χ2n) is 2.89. The molecular weight excluding hydrogens is 222 g/mol. The zero-order chi connectivity index (χ0) is 11.8. The molecule has 0 fully saturated rings. The molecule has 0 atom stereocenters. The molecule has 0 radical (unpaired) electrons. The van der Waals surface area contributed by atoms with E-state index in [-0.39, 0.29) is 5.11 Å². The highest BCUT2D eigenvalue weighted by Crippen LogP contribution is 2.16. The molecule has 0 saturated carbocycles. The molecule has 0 aliphatic rings. The lowest BCUT2D eigenvalue weighted by Crippen LogP contribution is -2.19. The van der Waals surface area contributed by atoms with Crippen LogP contribution in [0, 0.1) is 0 Å². The van der Waals surface area contributed by atoms with Gasteiger partial charge in [-0.05, 0) is 29.4 Å². The zero-order valence-electron chi connectivity index (χ0n) is 8.50. The van der Waals surface area contributed by atoms with Gasteiger partial charge in [0.05, 0.1) is 0 Å². The first-order chi connectivity index (χ1) is 7.74. The minimum atomic E-state index is 0.218. The van der Waals surface area contributed by atoms with Crippen LogP contribution in [0.2, 0.25) is 0 Å². The van der Waals surface area contributed by atoms with Crippen molar-refractivity contribution in [3.05, 3.63) is 46.3 Å². The molecule has 16 heavy (non-hydrogen) atoms. The molecule has 0 saturated heterocycles. The van der Waals surface area contributed by atoms with Crippen LogP contribution in [0.15, 0.2) is 35.5 Å². The number of nitrogens with two attached hydrogens (primary N) is 1. The minimum absolute atomic E-state index is 0.218. The number of nitrogens with zero attached hydrogens (tertiary/aromatic N) is 3. The molecule has 0 amide bonds. The van der Waals surface area contributed by atoms with E-state index in [0.29, 0.717) is 6.54 Å². The predicted octanol–water partition coefficient (Wildman–Crippen LogP) is 2.67. The van der Waals surface area contributed by atoms with Gasteiger partial charge in [0.2, 0.25) is 0 Å². The van der Waals surface area contributed by atoms with Crippen LogP contribution < -0.4 is 11.1 Å². The Kier molecular flexibility index (Phi) is 4.85. The summed E-state index contributed by atoms with van der Waals surface area (Å²) >= 11 is 4.77. The molecule has 1 aromatic rings. The smallest absolute Gasteiger partial charge is 0.168 e. The van der Waals surface area contributed by atoms with Gasteiger partial charge in [-0.2, -0.15) is 0 Å². The van der Waals surface area contributed by atoms with Gasteiger partial charge in [0, 0.05) is 17.1 Å². The quantitative estimate of drug-likeness (QED) is 0.363. The first-order valence-electron chi connectivity index (χ1n) is 4.57. The van der Waals surface area contributed by atoms with Gasteiger partial charge >= 0.3 is 0 Å². The average molecular weight is 233 g/mol. The van der Waals surface area contributed by atoms with E-state index in [4.69, 9.17) is 23.5 Å². The van der Waals surface area contributed by atoms with E-state index in [1.54, 1.807) is 6.08 Å². The molecule has 0 spiro atoms. The van der Waals surface area contributed by atoms with Crippen LogP contribution in [0.5, 0.6) is 0 Å². The second-order valence-corrected chi connectivity index (χ2v) is 3.33. The monoisotopic (exact) mass is 233 g/mol. The fourth-order valence-corrected chi connectivity index (χ4v) is 1.26. The number of hydrogen-bond acceptors (Lipinski definition) is 2. The number of para-hydroxylation sites is 1. The molecule has 82 valence electrons. The van der Waals surface area contributed by atoms with E-state index < -0.39 is 0 Å². The van der Waals surface area contributed by atoms with Gasteiger partial charge in [-0.15, -0.1) is 0 Å². The Hall–Kier alpha value is -2.04. The summed E-state index contributed by atoms with van der Waals surface area (Å²) in [4.78, 5) is 2.66. The van der Waals surface area contributed by atoms with Gasteiger partial charge in [-0.25, -0.2) is 0 Å². The summed E-state index contributed by atoms with van der Waals surface area (Å²) in [6, 6.07) is 7.56. The summed E-state index contributed by atoms with van der Waals surface area (Å²) < 4.78 is 0. The molecule has 0 unspecified atom stereocenters. The number of thiocarbonyl (C=S) groups is 1. The van der Waals surface area contributed by atoms with Crippen LogP contribution in [-0.2, 0) is 0 Å². The van der Waals surface area contributed by atoms with Crippen molar-refractivity contribution in [2.45, 2.75) is 0 Å². The second kappa shape index (κ2) is 6.44. The number of benzene rings is 1. The maximum atomic E-state index is 8.12. The molecule has 5 nitrogen and oxygen atoms in total. The van der Waals surface area contributed by atoms with E-state index in [1.165, 1.54) is 0 Å². The normalized spacial score (nSPS) is 9.75. The Morgan fingerprint density at radius 2 is 2.31 bits per heavy atom. The van der Waals surface area contributed by atoms with Crippen LogP contribution in [0.25, 0.3) is 16.5 Å². The number of nitrogens with one attached hydrogen (secondary N) is 1. The number of anilines is 1. The molecule has 3 N–H and O–H groups in total. The fraction of sp³-hybridized carbons (Fsp3) is 0.100. The van der Waals surface area contributed by atoms with Crippen molar-refractivity contribution in [2.75, 3.05) is 11.9 Å². The molecule has 0 heterocycles. The fourth-order valence-electron chi connectivity index (χ4n) is 1.15. The van der Waals surface area contributed by atoms with Gasteiger partial charge in [0.15, 0.2) is 5.11 Å². The third-order valence-corrected chi connectivity index (χ3v) is 1.87. The van der Waals surface area contributed by atoms with E-state index in [0.717, 1.165) is 11.3 Å². The van der Waals surface area contributed by atoms with Crippen LogP contribution in [0.3, 0.4) is 0 Å². The van der Waals surface area contributed by atoms with Crippen LogP contribution in [0.4, 0.5) is 5.69 Å². The highest BCUT2D eigenvalue weighted by molar-refractivity contribution is 7.80. The highest BCUT2D eigenvalue weighted by Gasteiger charge is 1.97. The van der Waals surface area contributed by atoms with Gasteiger partial charge in [0.25, 0.3) is 0 Å². The third kappa shape index (κ3) is 4.00. The number of rotatable bonds is 4. The predicted molar refractivity (Wildman–Crippen MR) is 69.9 cm³/mol. The van der Waals surface area contributed by atoms with Crippen molar-refractivity contribution in [3.63, 3.8) is 0 Å². The van der Waals surface area contributed by atoms with Crippen molar-refractivity contribution in [3.8, 4) is 0 Å². The summed E-state index contributed by atoms with van der Waals surface area (Å²) in [6.07, 6.45) is 3.61. The molecule has 6 heteroatoms. The van der Waals surface area contributed by atoms with Crippen molar-refractivity contribution < 1.29 is 0 Å². The Bertz CT molecular complexity index is 448. The lowest BCUT2D eigenvalue weighted by molar-refractivity contribution is 1.22. The third-order valence-electron chi connectivity index (χ3n) is 1.77. The topological polar surface area (TPSA) is 86.8 Å². The van der Waals surface area contributed by atoms with Crippen molar-refractivity contribution in [1.82, 2.24) is 0 Å². The molecular formula is C10H11N5S. The molecule has 1 aromatic carbocycles. The summed E-state index contributed by atoms with van der Waals surface area (Å²) in [5, 5.41) is 6.49. The Morgan fingerprint density at radius 3 is 3.00 bits per heavy atom. The van der Waals surface area contributed by atoms with Crippen molar-refractivity contribution in [2.24, 2.45) is 10.8 Å². The lowest BCUT2D eigenvalue weighted by Gasteiger charge is -2.06. The van der Waals surface area contributed by atoms with Gasteiger partial charge in [-0.1, -0.05) is 35.5 Å². The highest BCUT2D eigenvalue weighted by atomic mass is 32.1. The summed E-state index contributed by atoms with van der Waals surface area (Å²) in [5.41, 5.74) is 15.3. The zero-order valence-corrected chi connectivity index (χ0v) is 9.31. The molecule has 0 aliphatic carbocycles. The Morgan fingerprint density at radius 1 is 1.56 bits per heavy atom. The molecule has 0 aromatic heterocycles. The van der Waals surface area contributed by atoms with Gasteiger partial charge in [0.1, 0.15) is 0 Å². The maximum Gasteiger partial charge on any atom is 0.168 e. The van der Waals surface area contributed by atoms with E-state index in [2.05, 4.69) is 15.3 Å². The van der Waals surface area contributed by atoms with Gasteiger partial charge in [-0.3, -0.25) is 0 Å². The first kappa shape index (κ1) is 12.0. The molecule has 0 aliphatic heterocycles. The Balaban J connectivity index is 2.81. The number of hydrogen-bond donors (Lipinski definition) is 2. The Labute approximate surface area is 98.6 Å². The summed E-state index contributed by atoms with van der Waals surface area (Å²) in [6.45, 7) is 0.317. The first-order valence-corrected chi connectivity index (χ1v) is 4.97. The van der Waals surface area contributed by atoms with Crippen LogP contribution >= 0.6 is 12.2 Å². The average Bonchev–Trinajstić information content (AvgIpc) is 2.26. The summed E-state index contributed by atoms with van der Waals surface area (Å²) in [5.74, 6) is 0. The summed E-state index contributed by atoms with van der Waals surface area (Å²) in [7, 11) is 0. The van der Waals surface area contributed by atoms with Crippen LogP contribution in [-0.4, -0.2) is 11.7 Å². The minimum Gasteiger partial charge on any atom is -0.376 e. The standard InChI is InChI=1S/C10H11N5S/c11-10(16)14-9-6-2-1-4-8(9)5-3-7-13-15-12/h1-6H,7H2,(H3,11,14,16).